The summed E-state index contributed by atoms with van der Waals surface area (Å²) in [4.78, 5) is 11.4. The van der Waals surface area contributed by atoms with Gasteiger partial charge in [-0.1, -0.05) is 0 Å². The van der Waals surface area contributed by atoms with Gasteiger partial charge in [-0.2, -0.15) is 0 Å². The lowest BCUT2D eigenvalue weighted by Crippen LogP contribution is -2.61. The van der Waals surface area contributed by atoms with E-state index in [1.165, 1.54) is 6.07 Å². The van der Waals surface area contributed by atoms with E-state index in [1.807, 2.05) is 6.07 Å². The van der Waals surface area contributed by atoms with Gasteiger partial charge in [-0.05, 0) is 31.5 Å². The summed E-state index contributed by atoms with van der Waals surface area (Å²) < 4.78 is 22.6. The number of aliphatic hydroxyl groups excluding tert-OH is 4. The molecule has 2 aliphatic heterocycles. The van der Waals surface area contributed by atoms with E-state index in [0.717, 1.165) is 10.9 Å². The monoisotopic (exact) mass is 408 g/mol. The van der Waals surface area contributed by atoms with Crippen LogP contribution in [0.4, 0.5) is 0 Å². The maximum absolute atomic E-state index is 11.4. The summed E-state index contributed by atoms with van der Waals surface area (Å²) in [6, 6.07) is 6.59. The normalized spacial score (nSPS) is 32.2. The Labute approximate surface area is 166 Å². The molecule has 0 amide bonds. The van der Waals surface area contributed by atoms with E-state index >= 15 is 0 Å². The van der Waals surface area contributed by atoms with E-state index in [4.69, 9.17) is 18.6 Å². The summed E-state index contributed by atoms with van der Waals surface area (Å²) in [7, 11) is 0. The third-order valence-corrected chi connectivity index (χ3v) is 5.52. The molecule has 2 aliphatic rings. The van der Waals surface area contributed by atoms with E-state index in [0.29, 0.717) is 17.8 Å². The van der Waals surface area contributed by atoms with Gasteiger partial charge in [0.2, 0.25) is 0 Å². The molecule has 158 valence electrons. The van der Waals surface area contributed by atoms with E-state index < -0.39 is 54.6 Å². The average molecular weight is 408 g/mol. The first-order chi connectivity index (χ1) is 13.7. The fraction of sp³-hybridized carbons (Fsp3) is 0.550. The van der Waals surface area contributed by atoms with E-state index in [1.54, 1.807) is 26.0 Å². The molecule has 0 spiro atoms. The largest absolute Gasteiger partial charge is 0.487 e. The van der Waals surface area contributed by atoms with Gasteiger partial charge in [0.15, 0.2) is 6.29 Å². The summed E-state index contributed by atoms with van der Waals surface area (Å²) in [5.41, 5.74) is -0.0654. The van der Waals surface area contributed by atoms with Gasteiger partial charge < -0.3 is 39.1 Å². The molecule has 2 aromatic rings. The van der Waals surface area contributed by atoms with Gasteiger partial charge in [0.1, 0.15) is 47.5 Å². The Kier molecular flexibility index (Phi) is 5.14. The van der Waals surface area contributed by atoms with Crippen molar-refractivity contribution in [2.75, 3.05) is 6.61 Å². The highest BCUT2D eigenvalue weighted by molar-refractivity contribution is 5.79. The van der Waals surface area contributed by atoms with Crippen molar-refractivity contribution in [2.24, 2.45) is 0 Å². The minimum Gasteiger partial charge on any atom is -0.487 e. The second-order valence-corrected chi connectivity index (χ2v) is 7.98. The van der Waals surface area contributed by atoms with Crippen molar-refractivity contribution in [3.63, 3.8) is 0 Å². The van der Waals surface area contributed by atoms with Gasteiger partial charge >= 0.3 is 5.63 Å². The van der Waals surface area contributed by atoms with Crippen LogP contribution in [0.3, 0.4) is 0 Å². The Morgan fingerprint density at radius 2 is 1.90 bits per heavy atom. The molecule has 0 radical (unpaired) electrons. The minimum absolute atomic E-state index is 0.421. The molecule has 6 atom stereocenters. The molecule has 0 saturated carbocycles. The Morgan fingerprint density at radius 1 is 1.14 bits per heavy atom. The Balaban J connectivity index is 1.53. The predicted octanol–water partition coefficient (Wildman–Crippen LogP) is -0.308. The van der Waals surface area contributed by atoms with Crippen molar-refractivity contribution in [2.45, 2.75) is 62.7 Å². The lowest BCUT2D eigenvalue weighted by atomic mass is 9.95. The number of benzene rings is 1. The molecule has 1 aromatic carbocycles. The van der Waals surface area contributed by atoms with Crippen LogP contribution in [0, 0.1) is 0 Å². The van der Waals surface area contributed by atoms with Crippen molar-refractivity contribution < 1.29 is 39.1 Å². The predicted molar refractivity (Wildman–Crippen MR) is 99.5 cm³/mol. The molecule has 1 fully saturated rings. The SMILES string of the molecule is CC(C)(O[C@@H]1O[C@H](CO)[C@@H](O)[C@H](O)[C@H]1O)[C@@H]1Cc2cc3ccc(=O)oc3cc2O1. The minimum atomic E-state index is -1.52. The zero-order valence-corrected chi connectivity index (χ0v) is 16.0. The first kappa shape index (κ1) is 20.3. The smallest absolute Gasteiger partial charge is 0.336 e. The number of fused-ring (bicyclic) bond motifs is 2. The highest BCUT2D eigenvalue weighted by Crippen LogP contribution is 2.38. The van der Waals surface area contributed by atoms with Gasteiger partial charge in [-0.15, -0.1) is 0 Å². The molecule has 9 heteroatoms. The number of aliphatic hydroxyl groups is 4. The second kappa shape index (κ2) is 7.35. The molecular weight excluding hydrogens is 384 g/mol. The fourth-order valence-electron chi connectivity index (χ4n) is 3.74. The topological polar surface area (TPSA) is 139 Å². The van der Waals surface area contributed by atoms with Crippen LogP contribution in [0.1, 0.15) is 19.4 Å². The molecule has 1 aromatic heterocycles. The van der Waals surface area contributed by atoms with Gasteiger partial charge in [0.25, 0.3) is 0 Å². The first-order valence-electron chi connectivity index (χ1n) is 9.41. The molecule has 4 rings (SSSR count). The Hall–Kier alpha value is -2.01. The molecule has 0 bridgehead atoms. The van der Waals surface area contributed by atoms with E-state index in [9.17, 15) is 25.2 Å². The summed E-state index contributed by atoms with van der Waals surface area (Å²) in [6.07, 6.45) is -6.71. The summed E-state index contributed by atoms with van der Waals surface area (Å²) in [6.45, 7) is 2.98. The van der Waals surface area contributed by atoms with Gasteiger partial charge in [-0.25, -0.2) is 4.79 Å². The second-order valence-electron chi connectivity index (χ2n) is 7.98. The molecule has 0 unspecified atom stereocenters. The van der Waals surface area contributed by atoms with Crippen LogP contribution < -0.4 is 10.4 Å². The Bertz CT molecular complexity index is 951. The van der Waals surface area contributed by atoms with Crippen LogP contribution in [-0.4, -0.2) is 69.4 Å². The molecule has 3 heterocycles. The van der Waals surface area contributed by atoms with E-state index in [2.05, 4.69) is 0 Å². The molecule has 4 N–H and O–H groups in total. The quantitative estimate of drug-likeness (QED) is 0.502. The highest BCUT2D eigenvalue weighted by atomic mass is 16.7. The Morgan fingerprint density at radius 3 is 2.62 bits per heavy atom. The lowest BCUT2D eigenvalue weighted by molar-refractivity contribution is -0.329. The average Bonchev–Trinajstić information content (AvgIpc) is 3.10. The van der Waals surface area contributed by atoms with Gasteiger partial charge in [-0.3, -0.25) is 0 Å². The maximum Gasteiger partial charge on any atom is 0.336 e. The zero-order chi connectivity index (χ0) is 20.9. The molecule has 1 saturated heterocycles. The van der Waals surface area contributed by atoms with Crippen LogP contribution in [0.25, 0.3) is 11.0 Å². The number of hydrogen-bond acceptors (Lipinski definition) is 9. The van der Waals surface area contributed by atoms with E-state index in [-0.39, 0.29) is 0 Å². The fourth-order valence-corrected chi connectivity index (χ4v) is 3.74. The summed E-state index contributed by atoms with van der Waals surface area (Å²) >= 11 is 0. The van der Waals surface area contributed by atoms with Crippen molar-refractivity contribution in [1.29, 1.82) is 0 Å². The summed E-state index contributed by atoms with van der Waals surface area (Å²) in [5.74, 6) is 0.572. The summed E-state index contributed by atoms with van der Waals surface area (Å²) in [5, 5.41) is 40.2. The van der Waals surface area contributed by atoms with Crippen LogP contribution >= 0.6 is 0 Å². The maximum atomic E-state index is 11.4. The van der Waals surface area contributed by atoms with Crippen molar-refractivity contribution in [1.82, 2.24) is 0 Å². The molecule has 0 aliphatic carbocycles. The van der Waals surface area contributed by atoms with Crippen molar-refractivity contribution >= 4 is 11.0 Å². The zero-order valence-electron chi connectivity index (χ0n) is 16.0. The number of hydrogen-bond donors (Lipinski definition) is 4. The third-order valence-electron chi connectivity index (χ3n) is 5.52. The number of ether oxygens (including phenoxy) is 3. The van der Waals surface area contributed by atoms with Crippen LogP contribution in [0.15, 0.2) is 33.5 Å². The lowest BCUT2D eigenvalue weighted by Gasteiger charge is -2.43. The van der Waals surface area contributed by atoms with Crippen LogP contribution in [0.5, 0.6) is 5.75 Å². The molecule has 29 heavy (non-hydrogen) atoms. The number of rotatable bonds is 4. The van der Waals surface area contributed by atoms with Crippen LogP contribution in [0.2, 0.25) is 0 Å². The van der Waals surface area contributed by atoms with Crippen LogP contribution in [-0.2, 0) is 15.9 Å². The molecule has 9 nitrogen and oxygen atoms in total. The first-order valence-corrected chi connectivity index (χ1v) is 9.41. The molecular formula is C20H24O9. The third kappa shape index (κ3) is 3.65. The van der Waals surface area contributed by atoms with Crippen molar-refractivity contribution in [3.8, 4) is 5.75 Å². The van der Waals surface area contributed by atoms with Gasteiger partial charge in [0.05, 0.1) is 6.61 Å². The standard InChI is InChI=1S/C20H24O9/c1-20(2,29-19-18(25)17(24)16(23)13(8-21)28-19)14-6-10-5-9-3-4-15(22)27-11(9)7-12(10)26-14/h3-5,7,13-14,16-19,21,23-25H,6,8H2,1-2H3/t13-,14+,16-,17+,18-,19+/m1/s1. The highest BCUT2D eigenvalue weighted by Gasteiger charge is 2.48. The van der Waals surface area contributed by atoms with Crippen molar-refractivity contribution in [3.05, 3.63) is 40.2 Å². The van der Waals surface area contributed by atoms with Gasteiger partial charge in [0, 0.05) is 23.9 Å².